The van der Waals surface area contributed by atoms with Crippen LogP contribution in [0.3, 0.4) is 0 Å². The second-order valence-electron chi connectivity index (χ2n) is 4.73. The van der Waals surface area contributed by atoms with Crippen LogP contribution in [-0.2, 0) is 17.8 Å². The molecule has 0 aliphatic carbocycles. The first-order chi connectivity index (χ1) is 9.74. The Morgan fingerprint density at radius 1 is 1.40 bits per heavy atom. The van der Waals surface area contributed by atoms with Gasteiger partial charge in [0.15, 0.2) is 6.61 Å². The van der Waals surface area contributed by atoms with Gasteiger partial charge < -0.3 is 15.4 Å². The van der Waals surface area contributed by atoms with Crippen molar-refractivity contribution in [1.29, 1.82) is 0 Å². The number of nitrogens with zero attached hydrogens (tertiary/aromatic N) is 2. The van der Waals surface area contributed by atoms with E-state index < -0.39 is 0 Å². The van der Waals surface area contributed by atoms with E-state index in [1.165, 1.54) is 0 Å². The van der Waals surface area contributed by atoms with Crippen molar-refractivity contribution < 1.29 is 9.53 Å². The number of ether oxygens (including phenoxy) is 1. The minimum Gasteiger partial charge on any atom is -0.484 e. The number of anilines is 1. The van der Waals surface area contributed by atoms with E-state index in [2.05, 4.69) is 10.2 Å². The van der Waals surface area contributed by atoms with Gasteiger partial charge in [-0.2, -0.15) is 5.10 Å². The van der Waals surface area contributed by atoms with Gasteiger partial charge >= 0.3 is 0 Å². The third-order valence-electron chi connectivity index (χ3n) is 3.42. The first-order valence-corrected chi connectivity index (χ1v) is 6.51. The van der Waals surface area contributed by atoms with E-state index in [4.69, 9.17) is 10.5 Å². The number of hydrogen-bond donors (Lipinski definition) is 2. The third kappa shape index (κ3) is 2.45. The second-order valence-corrected chi connectivity index (χ2v) is 4.73. The molecule has 1 aromatic carbocycles. The van der Waals surface area contributed by atoms with Gasteiger partial charge in [0, 0.05) is 12.1 Å². The Bertz CT molecular complexity index is 609. The van der Waals surface area contributed by atoms with Crippen molar-refractivity contribution in [3.63, 3.8) is 0 Å². The van der Waals surface area contributed by atoms with Crippen LogP contribution >= 0.6 is 0 Å². The van der Waals surface area contributed by atoms with Crippen LogP contribution < -0.4 is 10.5 Å². The number of amides is 1. The van der Waals surface area contributed by atoms with E-state index >= 15 is 0 Å². The summed E-state index contributed by atoms with van der Waals surface area (Å²) in [5.74, 6) is 1.20. The molecule has 1 aliphatic heterocycles. The van der Waals surface area contributed by atoms with E-state index in [1.807, 2.05) is 30.3 Å². The van der Waals surface area contributed by atoms with E-state index in [0.29, 0.717) is 24.7 Å². The fourth-order valence-corrected chi connectivity index (χ4v) is 2.31. The fourth-order valence-electron chi connectivity index (χ4n) is 2.31. The highest BCUT2D eigenvalue weighted by molar-refractivity contribution is 5.78. The molecule has 0 saturated carbocycles. The molecule has 20 heavy (non-hydrogen) atoms. The van der Waals surface area contributed by atoms with Crippen molar-refractivity contribution in [3.05, 3.63) is 41.6 Å². The van der Waals surface area contributed by atoms with Crippen molar-refractivity contribution in [1.82, 2.24) is 15.1 Å². The number of hydrogen-bond acceptors (Lipinski definition) is 4. The molecule has 0 atom stereocenters. The number of para-hydroxylation sites is 1. The average molecular weight is 272 g/mol. The van der Waals surface area contributed by atoms with Gasteiger partial charge in [0.1, 0.15) is 11.6 Å². The van der Waals surface area contributed by atoms with Gasteiger partial charge in [-0.15, -0.1) is 0 Å². The number of nitrogens with two attached hydrogens (primary N) is 1. The molecule has 6 heteroatoms. The molecular weight excluding hydrogens is 256 g/mol. The van der Waals surface area contributed by atoms with Crippen molar-refractivity contribution in [3.8, 4) is 5.75 Å². The van der Waals surface area contributed by atoms with Crippen molar-refractivity contribution in [2.24, 2.45) is 0 Å². The highest BCUT2D eigenvalue weighted by atomic mass is 16.5. The molecule has 2 aromatic rings. The van der Waals surface area contributed by atoms with Gasteiger partial charge in [-0.05, 0) is 18.6 Å². The van der Waals surface area contributed by atoms with Gasteiger partial charge in [0.2, 0.25) is 0 Å². The Labute approximate surface area is 116 Å². The van der Waals surface area contributed by atoms with E-state index in [9.17, 15) is 4.79 Å². The molecule has 0 fully saturated rings. The number of nitrogen functional groups attached to an aromatic ring is 1. The van der Waals surface area contributed by atoms with Crippen LogP contribution in [0.1, 0.15) is 11.3 Å². The van der Waals surface area contributed by atoms with Crippen LogP contribution in [0.25, 0.3) is 0 Å². The molecule has 3 rings (SSSR count). The Hall–Kier alpha value is -2.50. The smallest absolute Gasteiger partial charge is 0.260 e. The molecule has 0 saturated heterocycles. The zero-order valence-corrected chi connectivity index (χ0v) is 11.0. The first-order valence-electron chi connectivity index (χ1n) is 6.51. The summed E-state index contributed by atoms with van der Waals surface area (Å²) in [5.41, 5.74) is 7.69. The molecule has 0 bridgehead atoms. The maximum Gasteiger partial charge on any atom is 0.260 e. The predicted octanol–water partition coefficient (Wildman–Crippen LogP) is 0.956. The average Bonchev–Trinajstić information content (AvgIpc) is 2.87. The molecule has 0 unspecified atom stereocenters. The monoisotopic (exact) mass is 272 g/mol. The number of aromatic nitrogens is 2. The Kier molecular flexibility index (Phi) is 3.28. The normalized spacial score (nSPS) is 13.9. The third-order valence-corrected chi connectivity index (χ3v) is 3.42. The number of rotatable bonds is 3. The van der Waals surface area contributed by atoms with Gasteiger partial charge in [-0.3, -0.25) is 9.89 Å². The number of carbonyl (C=O) groups excluding carboxylic acids is 1. The molecule has 1 aromatic heterocycles. The minimum atomic E-state index is -0.0346. The lowest BCUT2D eigenvalue weighted by Gasteiger charge is -2.26. The number of carbonyl (C=O) groups is 1. The van der Waals surface area contributed by atoms with Crippen molar-refractivity contribution in [2.45, 2.75) is 13.0 Å². The van der Waals surface area contributed by atoms with Crippen LogP contribution in [0.15, 0.2) is 30.3 Å². The summed E-state index contributed by atoms with van der Waals surface area (Å²) in [4.78, 5) is 13.9. The lowest BCUT2D eigenvalue weighted by Crippen LogP contribution is -2.38. The standard InChI is InChI=1S/C14H16N4O2/c15-14-11-6-7-18(8-12(11)16-17-14)13(19)9-20-10-4-2-1-3-5-10/h1-5H,6-9H2,(H3,15,16,17). The second kappa shape index (κ2) is 5.24. The number of aromatic amines is 1. The van der Waals surface area contributed by atoms with Crippen LogP contribution in [0.2, 0.25) is 0 Å². The summed E-state index contributed by atoms with van der Waals surface area (Å²) in [6, 6.07) is 9.32. The molecule has 6 nitrogen and oxygen atoms in total. The lowest BCUT2D eigenvalue weighted by molar-refractivity contribution is -0.134. The van der Waals surface area contributed by atoms with Gasteiger partial charge in [-0.1, -0.05) is 18.2 Å². The minimum absolute atomic E-state index is 0.0346. The quantitative estimate of drug-likeness (QED) is 0.871. The SMILES string of the molecule is Nc1n[nH]c2c1CCN(C(=O)COc1ccccc1)C2. The Morgan fingerprint density at radius 3 is 3.00 bits per heavy atom. The van der Waals surface area contributed by atoms with E-state index in [-0.39, 0.29) is 12.5 Å². The predicted molar refractivity (Wildman–Crippen MR) is 74.1 cm³/mol. The molecule has 0 radical (unpaired) electrons. The maximum absolute atomic E-state index is 12.1. The summed E-state index contributed by atoms with van der Waals surface area (Å²) in [6.07, 6.45) is 0.731. The van der Waals surface area contributed by atoms with E-state index in [0.717, 1.165) is 17.7 Å². The zero-order chi connectivity index (χ0) is 13.9. The van der Waals surface area contributed by atoms with Crippen molar-refractivity contribution >= 4 is 11.7 Å². The molecule has 0 spiro atoms. The molecule has 2 heterocycles. The molecular formula is C14H16N4O2. The Balaban J connectivity index is 1.59. The summed E-state index contributed by atoms with van der Waals surface area (Å²) in [6.45, 7) is 1.20. The molecule has 1 aliphatic rings. The summed E-state index contributed by atoms with van der Waals surface area (Å²) < 4.78 is 5.47. The maximum atomic E-state index is 12.1. The van der Waals surface area contributed by atoms with Crippen LogP contribution in [0, 0.1) is 0 Å². The van der Waals surface area contributed by atoms with Crippen LogP contribution in [-0.4, -0.2) is 34.2 Å². The van der Waals surface area contributed by atoms with Gasteiger partial charge in [0.05, 0.1) is 12.2 Å². The summed E-state index contributed by atoms with van der Waals surface area (Å²) in [7, 11) is 0. The first kappa shape index (κ1) is 12.5. The largest absolute Gasteiger partial charge is 0.484 e. The lowest BCUT2D eigenvalue weighted by atomic mass is 10.1. The number of fused-ring (bicyclic) bond motifs is 1. The van der Waals surface area contributed by atoms with Crippen molar-refractivity contribution in [2.75, 3.05) is 18.9 Å². The molecule has 104 valence electrons. The number of nitrogens with one attached hydrogen (secondary N) is 1. The van der Waals surface area contributed by atoms with Gasteiger partial charge in [0.25, 0.3) is 5.91 Å². The van der Waals surface area contributed by atoms with E-state index in [1.54, 1.807) is 4.90 Å². The zero-order valence-electron chi connectivity index (χ0n) is 11.0. The highest BCUT2D eigenvalue weighted by Crippen LogP contribution is 2.21. The molecule has 3 N–H and O–H groups in total. The Morgan fingerprint density at radius 2 is 2.20 bits per heavy atom. The van der Waals surface area contributed by atoms with Crippen LogP contribution in [0.4, 0.5) is 5.82 Å². The fraction of sp³-hybridized carbons (Fsp3) is 0.286. The number of H-pyrrole nitrogens is 1. The van der Waals surface area contributed by atoms with Gasteiger partial charge in [-0.25, -0.2) is 0 Å². The number of benzene rings is 1. The molecule has 1 amide bonds. The topological polar surface area (TPSA) is 84.2 Å². The summed E-state index contributed by atoms with van der Waals surface area (Å²) >= 11 is 0. The highest BCUT2D eigenvalue weighted by Gasteiger charge is 2.24. The summed E-state index contributed by atoms with van der Waals surface area (Å²) in [5, 5.41) is 6.84. The van der Waals surface area contributed by atoms with Crippen LogP contribution in [0.5, 0.6) is 5.75 Å².